The van der Waals surface area contributed by atoms with Crippen LogP contribution in [-0.4, -0.2) is 15.0 Å². The average molecular weight is 508 g/mol. The van der Waals surface area contributed by atoms with Crippen molar-refractivity contribution in [3.05, 3.63) is 127 Å². The molecule has 0 fully saturated rings. The number of nitrogens with zero attached hydrogens (tertiary/aromatic N) is 3. The fraction of sp³-hybridized carbons (Fsp3) is 0.0882. The van der Waals surface area contributed by atoms with Crippen molar-refractivity contribution in [2.24, 2.45) is 0 Å². The minimum Gasteiger partial charge on any atom is -0.256 e. The summed E-state index contributed by atoms with van der Waals surface area (Å²) in [5, 5.41) is 1.05. The largest absolute Gasteiger partial charge is 0.256 e. The number of benzene rings is 4. The van der Waals surface area contributed by atoms with E-state index in [1.54, 1.807) is 0 Å². The van der Waals surface area contributed by atoms with E-state index in [4.69, 9.17) is 9.97 Å². The highest BCUT2D eigenvalue weighted by Crippen LogP contribution is 2.50. The van der Waals surface area contributed by atoms with Gasteiger partial charge in [-0.1, -0.05) is 98.4 Å². The van der Waals surface area contributed by atoms with Gasteiger partial charge < -0.3 is 0 Å². The molecule has 0 saturated carbocycles. The van der Waals surface area contributed by atoms with Crippen LogP contribution in [0.1, 0.15) is 25.0 Å². The Hall–Kier alpha value is -4.28. The van der Waals surface area contributed by atoms with E-state index in [9.17, 15) is 0 Å². The summed E-state index contributed by atoms with van der Waals surface area (Å²) in [4.78, 5) is 17.3. The van der Waals surface area contributed by atoms with E-state index in [1.165, 1.54) is 20.9 Å². The molecule has 0 radical (unpaired) electrons. The van der Waals surface area contributed by atoms with E-state index in [0.29, 0.717) is 5.82 Å². The molecule has 1 aliphatic rings. The highest BCUT2D eigenvalue weighted by Gasteiger charge is 2.33. The molecule has 0 atom stereocenters. The Morgan fingerprint density at radius 1 is 0.605 bits per heavy atom. The third-order valence-electron chi connectivity index (χ3n) is 7.39. The fourth-order valence-electron chi connectivity index (χ4n) is 5.38. The summed E-state index contributed by atoms with van der Waals surface area (Å²) >= 11 is 1.85. The molecule has 2 aromatic heterocycles. The predicted molar refractivity (Wildman–Crippen MR) is 156 cm³/mol. The zero-order valence-electron chi connectivity index (χ0n) is 21.2. The topological polar surface area (TPSA) is 38.7 Å². The maximum absolute atomic E-state index is 5.16. The van der Waals surface area contributed by atoms with Gasteiger partial charge in [0.1, 0.15) is 0 Å². The zero-order valence-corrected chi connectivity index (χ0v) is 22.0. The van der Waals surface area contributed by atoms with Gasteiger partial charge in [0.05, 0.1) is 16.9 Å². The summed E-state index contributed by atoms with van der Waals surface area (Å²) in [5.41, 5.74) is 8.63. The molecule has 0 aliphatic carbocycles. The molecule has 0 unspecified atom stereocenters. The first-order valence-corrected chi connectivity index (χ1v) is 13.6. The Labute approximate surface area is 226 Å². The monoisotopic (exact) mass is 507 g/mol. The molecule has 3 nitrogen and oxygen atoms in total. The zero-order chi connectivity index (χ0) is 25.7. The van der Waals surface area contributed by atoms with Crippen LogP contribution >= 0.6 is 11.8 Å². The van der Waals surface area contributed by atoms with E-state index in [0.717, 1.165) is 39.0 Å². The first-order chi connectivity index (χ1) is 18.6. The Kier molecular flexibility index (Phi) is 5.38. The van der Waals surface area contributed by atoms with E-state index in [1.807, 2.05) is 48.3 Å². The number of hydrogen-bond acceptors (Lipinski definition) is 4. The lowest BCUT2D eigenvalue weighted by molar-refractivity contribution is 0.607. The number of rotatable bonds is 3. The maximum atomic E-state index is 5.16. The first-order valence-electron chi connectivity index (χ1n) is 12.8. The molecule has 0 spiro atoms. The van der Waals surface area contributed by atoms with Gasteiger partial charge in [0.2, 0.25) is 0 Å². The fourth-order valence-corrected chi connectivity index (χ4v) is 6.82. The lowest BCUT2D eigenvalue weighted by atomic mass is 9.77. The van der Waals surface area contributed by atoms with E-state index in [-0.39, 0.29) is 5.41 Å². The molecule has 182 valence electrons. The normalized spacial score (nSPS) is 13.6. The van der Waals surface area contributed by atoms with E-state index < -0.39 is 0 Å². The van der Waals surface area contributed by atoms with Crippen LogP contribution in [0.3, 0.4) is 0 Å². The van der Waals surface area contributed by atoms with Crippen molar-refractivity contribution in [3.8, 4) is 33.9 Å². The Balaban J connectivity index is 1.38. The van der Waals surface area contributed by atoms with E-state index >= 15 is 0 Å². The molecule has 1 aliphatic heterocycles. The highest BCUT2D eigenvalue weighted by molar-refractivity contribution is 7.99. The number of pyridine rings is 1. The molecule has 0 amide bonds. The summed E-state index contributed by atoms with van der Waals surface area (Å²) in [7, 11) is 0. The minimum atomic E-state index is -0.0550. The second-order valence-electron chi connectivity index (χ2n) is 10.1. The lowest BCUT2D eigenvalue weighted by Gasteiger charge is -2.34. The van der Waals surface area contributed by atoms with Crippen LogP contribution < -0.4 is 0 Å². The van der Waals surface area contributed by atoms with Gasteiger partial charge in [-0.25, -0.2) is 9.97 Å². The van der Waals surface area contributed by atoms with Gasteiger partial charge in [0, 0.05) is 43.5 Å². The van der Waals surface area contributed by atoms with Gasteiger partial charge in [0.15, 0.2) is 5.82 Å². The van der Waals surface area contributed by atoms with E-state index in [2.05, 4.69) is 97.7 Å². The second kappa shape index (κ2) is 8.93. The summed E-state index contributed by atoms with van der Waals surface area (Å²) in [6, 6.07) is 38.1. The van der Waals surface area contributed by atoms with Crippen LogP contribution in [-0.2, 0) is 5.41 Å². The molecule has 7 rings (SSSR count). The molecular weight excluding hydrogens is 482 g/mol. The third kappa shape index (κ3) is 3.80. The van der Waals surface area contributed by atoms with Crippen molar-refractivity contribution in [2.75, 3.05) is 0 Å². The summed E-state index contributed by atoms with van der Waals surface area (Å²) < 4.78 is 0. The Morgan fingerprint density at radius 3 is 2.29 bits per heavy atom. The van der Waals surface area contributed by atoms with Gasteiger partial charge in [-0.05, 0) is 47.5 Å². The molecule has 4 heteroatoms. The van der Waals surface area contributed by atoms with Crippen molar-refractivity contribution in [2.45, 2.75) is 29.1 Å². The molecule has 0 saturated heterocycles. The van der Waals surface area contributed by atoms with Crippen molar-refractivity contribution < 1.29 is 0 Å². The molecule has 0 N–H and O–H groups in total. The number of fused-ring (bicyclic) bond motifs is 3. The van der Waals surface area contributed by atoms with Crippen molar-refractivity contribution >= 4 is 22.7 Å². The van der Waals surface area contributed by atoms with Crippen LogP contribution in [0.2, 0.25) is 0 Å². The molecule has 4 aromatic carbocycles. The van der Waals surface area contributed by atoms with Gasteiger partial charge in [-0.2, -0.15) is 0 Å². The van der Waals surface area contributed by atoms with Crippen molar-refractivity contribution in [3.63, 3.8) is 0 Å². The molecule has 6 aromatic rings. The average Bonchev–Trinajstić information content (AvgIpc) is 2.97. The second-order valence-corrected chi connectivity index (χ2v) is 11.2. The molecular formula is C34H25N3S. The number of para-hydroxylation sites is 1. The van der Waals surface area contributed by atoms with Gasteiger partial charge in [-0.15, -0.1) is 0 Å². The quantitative estimate of drug-likeness (QED) is 0.240. The SMILES string of the molecule is CC1(C)c2ccccc2Sc2cc(-c3nc(-c4cccc(-c5ccccn5)c4)nc4ccccc34)ccc21. The van der Waals surface area contributed by atoms with Crippen LogP contribution in [0.4, 0.5) is 0 Å². The Morgan fingerprint density at radius 2 is 1.39 bits per heavy atom. The number of hydrogen-bond donors (Lipinski definition) is 0. The van der Waals surface area contributed by atoms with Gasteiger partial charge >= 0.3 is 0 Å². The highest BCUT2D eigenvalue weighted by atomic mass is 32.2. The van der Waals surface area contributed by atoms with Gasteiger partial charge in [-0.3, -0.25) is 4.98 Å². The smallest absolute Gasteiger partial charge is 0.160 e. The van der Waals surface area contributed by atoms with Crippen LogP contribution in [0.15, 0.2) is 125 Å². The van der Waals surface area contributed by atoms with Crippen molar-refractivity contribution in [1.29, 1.82) is 0 Å². The molecule has 38 heavy (non-hydrogen) atoms. The van der Waals surface area contributed by atoms with Gasteiger partial charge in [0.25, 0.3) is 0 Å². The Bertz CT molecular complexity index is 1830. The van der Waals surface area contributed by atoms with Crippen LogP contribution in [0.5, 0.6) is 0 Å². The summed E-state index contributed by atoms with van der Waals surface area (Å²) in [5.74, 6) is 0.715. The third-order valence-corrected chi connectivity index (χ3v) is 8.53. The summed E-state index contributed by atoms with van der Waals surface area (Å²) in [6.07, 6.45) is 1.82. The lowest BCUT2D eigenvalue weighted by Crippen LogP contribution is -2.23. The number of aromatic nitrogens is 3. The predicted octanol–water partition coefficient (Wildman–Crippen LogP) is 8.82. The maximum Gasteiger partial charge on any atom is 0.160 e. The van der Waals surface area contributed by atoms with Crippen LogP contribution in [0.25, 0.3) is 44.8 Å². The molecule has 0 bridgehead atoms. The van der Waals surface area contributed by atoms with Crippen molar-refractivity contribution in [1.82, 2.24) is 15.0 Å². The van der Waals surface area contributed by atoms with Crippen LogP contribution in [0, 0.1) is 0 Å². The first kappa shape index (κ1) is 22.9. The summed E-state index contributed by atoms with van der Waals surface area (Å²) in [6.45, 7) is 4.63. The minimum absolute atomic E-state index is 0.0550. The molecule has 3 heterocycles. The standard InChI is InChI=1S/C34H25N3S/c1-34(2)26-13-4-6-16-30(26)38-31-21-23(17-18-27(31)34)32-25-12-3-5-15-29(25)36-33(37-32)24-11-9-10-22(20-24)28-14-7-8-19-35-28/h3-21H,1-2H3.